The zero-order valence-electron chi connectivity index (χ0n) is 17.4. The minimum absolute atomic E-state index is 0.117. The Kier molecular flexibility index (Phi) is 4.75. The summed E-state index contributed by atoms with van der Waals surface area (Å²) in [6, 6.07) is 21.7. The molecule has 1 aliphatic rings. The summed E-state index contributed by atoms with van der Waals surface area (Å²) in [5, 5.41) is 11.0. The van der Waals surface area contributed by atoms with E-state index >= 15 is 0 Å². The Morgan fingerprint density at radius 3 is 2.48 bits per heavy atom. The van der Waals surface area contributed by atoms with Gasteiger partial charge in [-0.05, 0) is 31.2 Å². The number of carbonyl (C=O) groups is 1. The number of aromatic nitrogens is 2. The Bertz CT molecular complexity index is 1240. The molecule has 2 aromatic heterocycles. The molecule has 154 valence electrons. The predicted molar refractivity (Wildman–Crippen MR) is 119 cm³/mol. The quantitative estimate of drug-likeness (QED) is 0.468. The van der Waals surface area contributed by atoms with E-state index in [9.17, 15) is 4.79 Å². The molecule has 0 N–H and O–H groups in total. The number of rotatable bonds is 4. The molecule has 1 amide bonds. The molecule has 1 atom stereocenters. The third-order valence-electron chi connectivity index (χ3n) is 5.49. The van der Waals surface area contributed by atoms with Gasteiger partial charge in [-0.1, -0.05) is 48.0 Å². The highest BCUT2D eigenvalue weighted by Gasteiger charge is 2.35. The lowest BCUT2D eigenvalue weighted by atomic mass is 9.97. The number of furan rings is 1. The molecule has 4 aromatic rings. The van der Waals surface area contributed by atoms with E-state index in [1.54, 1.807) is 11.3 Å². The van der Waals surface area contributed by atoms with E-state index in [1.807, 2.05) is 53.3 Å². The highest BCUT2D eigenvalue weighted by molar-refractivity contribution is 6.01. The third kappa shape index (κ3) is 3.57. The Morgan fingerprint density at radius 1 is 1.03 bits per heavy atom. The fourth-order valence-electron chi connectivity index (χ4n) is 3.91. The molecule has 0 radical (unpaired) electrons. The zero-order valence-corrected chi connectivity index (χ0v) is 17.4. The van der Waals surface area contributed by atoms with Crippen LogP contribution in [0.4, 0.5) is 0 Å². The minimum atomic E-state index is -0.258. The second kappa shape index (κ2) is 7.72. The fourth-order valence-corrected chi connectivity index (χ4v) is 3.91. The number of hydrazone groups is 1. The molecule has 0 bridgehead atoms. The van der Waals surface area contributed by atoms with Gasteiger partial charge in [0.1, 0.15) is 11.5 Å². The molecule has 0 fully saturated rings. The maximum absolute atomic E-state index is 12.5. The number of aryl methyl sites for hydroxylation is 1. The minimum Gasteiger partial charge on any atom is -0.463 e. The van der Waals surface area contributed by atoms with E-state index in [0.29, 0.717) is 12.2 Å². The number of amides is 1. The number of hydrogen-bond acceptors (Lipinski definition) is 4. The Morgan fingerprint density at radius 2 is 1.81 bits per heavy atom. The molecular weight excluding hydrogens is 388 g/mol. The molecule has 0 spiro atoms. The van der Waals surface area contributed by atoms with E-state index in [0.717, 1.165) is 28.2 Å². The number of hydrogen-bond donors (Lipinski definition) is 0. The lowest BCUT2D eigenvalue weighted by Crippen LogP contribution is -2.24. The predicted octanol–water partition coefficient (Wildman–Crippen LogP) is 5.14. The molecule has 0 saturated carbocycles. The topological polar surface area (TPSA) is 63.6 Å². The van der Waals surface area contributed by atoms with Gasteiger partial charge in [0.25, 0.3) is 0 Å². The van der Waals surface area contributed by atoms with Crippen molar-refractivity contribution in [1.29, 1.82) is 0 Å². The number of nitrogens with zero attached hydrogens (tertiary/aromatic N) is 4. The van der Waals surface area contributed by atoms with Crippen LogP contribution in [0.25, 0.3) is 16.9 Å². The normalized spacial score (nSPS) is 15.9. The van der Waals surface area contributed by atoms with Crippen molar-refractivity contribution in [2.45, 2.75) is 26.3 Å². The summed E-state index contributed by atoms with van der Waals surface area (Å²) in [6.45, 7) is 3.60. The maximum atomic E-state index is 12.5. The summed E-state index contributed by atoms with van der Waals surface area (Å²) in [6.07, 6.45) is 4.19. The van der Waals surface area contributed by atoms with Crippen LogP contribution in [0.15, 0.2) is 88.7 Å². The summed E-state index contributed by atoms with van der Waals surface area (Å²) in [5.41, 5.74) is 5.70. The molecule has 1 unspecified atom stereocenters. The van der Waals surface area contributed by atoms with Gasteiger partial charge in [0.2, 0.25) is 5.91 Å². The summed E-state index contributed by atoms with van der Waals surface area (Å²) in [7, 11) is 0. The smallest absolute Gasteiger partial charge is 0.240 e. The van der Waals surface area contributed by atoms with Gasteiger partial charge in [0.05, 0.1) is 23.7 Å². The van der Waals surface area contributed by atoms with Crippen LogP contribution in [-0.4, -0.2) is 26.4 Å². The third-order valence-corrected chi connectivity index (χ3v) is 5.49. The first-order valence-corrected chi connectivity index (χ1v) is 10.2. The van der Waals surface area contributed by atoms with Gasteiger partial charge in [-0.3, -0.25) is 4.79 Å². The second-order valence-electron chi connectivity index (χ2n) is 7.69. The fraction of sp³-hybridized carbons (Fsp3) is 0.160. The first-order valence-electron chi connectivity index (χ1n) is 10.2. The van der Waals surface area contributed by atoms with Crippen molar-refractivity contribution in [3.63, 3.8) is 0 Å². The Hall–Kier alpha value is -3.93. The molecule has 0 saturated heterocycles. The highest BCUT2D eigenvalue weighted by Crippen LogP contribution is 2.38. The summed E-state index contributed by atoms with van der Waals surface area (Å²) < 4.78 is 7.41. The van der Waals surface area contributed by atoms with Crippen molar-refractivity contribution in [1.82, 2.24) is 14.8 Å². The second-order valence-corrected chi connectivity index (χ2v) is 7.69. The summed E-state index contributed by atoms with van der Waals surface area (Å²) in [4.78, 5) is 12.5. The Labute approximate surface area is 180 Å². The molecule has 6 nitrogen and oxygen atoms in total. The van der Waals surface area contributed by atoms with Crippen LogP contribution in [0, 0.1) is 6.92 Å². The van der Waals surface area contributed by atoms with Crippen molar-refractivity contribution in [3.8, 4) is 16.9 Å². The van der Waals surface area contributed by atoms with Crippen molar-refractivity contribution in [3.05, 3.63) is 96.1 Å². The first-order chi connectivity index (χ1) is 15.1. The van der Waals surface area contributed by atoms with E-state index in [4.69, 9.17) is 9.52 Å². The SMILES string of the molecule is CC(=O)N1N=C(c2ccco2)CC1c1cn(-c2ccccc2)nc1-c1ccc(C)cc1. The van der Waals surface area contributed by atoms with Gasteiger partial charge in [-0.2, -0.15) is 10.2 Å². The molecule has 6 heteroatoms. The lowest BCUT2D eigenvalue weighted by molar-refractivity contribution is -0.130. The van der Waals surface area contributed by atoms with Crippen LogP contribution in [0.2, 0.25) is 0 Å². The number of benzene rings is 2. The van der Waals surface area contributed by atoms with Crippen molar-refractivity contribution in [2.24, 2.45) is 5.10 Å². The number of para-hydroxylation sites is 1. The molecule has 3 heterocycles. The van der Waals surface area contributed by atoms with Crippen LogP contribution in [-0.2, 0) is 4.79 Å². The van der Waals surface area contributed by atoms with E-state index in [-0.39, 0.29) is 11.9 Å². The van der Waals surface area contributed by atoms with Gasteiger partial charge in [-0.15, -0.1) is 0 Å². The lowest BCUT2D eigenvalue weighted by Gasteiger charge is -2.20. The summed E-state index contributed by atoms with van der Waals surface area (Å²) in [5.74, 6) is 0.565. The van der Waals surface area contributed by atoms with Crippen molar-refractivity contribution < 1.29 is 9.21 Å². The van der Waals surface area contributed by atoms with E-state index in [2.05, 4.69) is 36.3 Å². The molecule has 5 rings (SSSR count). The van der Waals surface area contributed by atoms with Crippen LogP contribution in [0.5, 0.6) is 0 Å². The Balaban J connectivity index is 1.62. The number of carbonyl (C=O) groups excluding carboxylic acids is 1. The van der Waals surface area contributed by atoms with Gasteiger partial charge in [0, 0.05) is 30.7 Å². The van der Waals surface area contributed by atoms with Crippen LogP contribution in [0.3, 0.4) is 0 Å². The maximum Gasteiger partial charge on any atom is 0.240 e. The van der Waals surface area contributed by atoms with Crippen LogP contribution in [0.1, 0.15) is 36.3 Å². The first kappa shape index (κ1) is 19.1. The highest BCUT2D eigenvalue weighted by atomic mass is 16.3. The van der Waals surface area contributed by atoms with Crippen molar-refractivity contribution >= 4 is 11.6 Å². The molecule has 0 aliphatic carbocycles. The summed E-state index contributed by atoms with van der Waals surface area (Å²) >= 11 is 0. The molecular formula is C25H22N4O2. The largest absolute Gasteiger partial charge is 0.463 e. The standard InChI is InChI=1S/C25H22N4O2/c1-17-10-12-19(13-11-17)25-21(16-28(27-25)20-7-4-3-5-8-20)23-15-22(24-9-6-14-31-24)26-29(23)18(2)30/h3-14,16,23H,15H2,1-2H3. The van der Waals surface area contributed by atoms with Crippen LogP contribution >= 0.6 is 0 Å². The van der Waals surface area contributed by atoms with Gasteiger partial charge in [0.15, 0.2) is 0 Å². The average Bonchev–Trinajstić information content (AvgIpc) is 3.53. The zero-order chi connectivity index (χ0) is 21.4. The van der Waals surface area contributed by atoms with Gasteiger partial charge >= 0.3 is 0 Å². The van der Waals surface area contributed by atoms with Crippen LogP contribution < -0.4 is 0 Å². The van der Waals surface area contributed by atoms with Crippen molar-refractivity contribution in [2.75, 3.05) is 0 Å². The molecule has 2 aromatic carbocycles. The van der Waals surface area contributed by atoms with E-state index in [1.165, 1.54) is 12.5 Å². The molecule has 1 aliphatic heterocycles. The van der Waals surface area contributed by atoms with Gasteiger partial charge < -0.3 is 4.42 Å². The van der Waals surface area contributed by atoms with E-state index < -0.39 is 0 Å². The monoisotopic (exact) mass is 410 g/mol. The molecule has 31 heavy (non-hydrogen) atoms. The average molecular weight is 410 g/mol. The van der Waals surface area contributed by atoms with Gasteiger partial charge in [-0.25, -0.2) is 9.69 Å².